The van der Waals surface area contributed by atoms with Gasteiger partial charge < -0.3 is 9.84 Å². The van der Waals surface area contributed by atoms with Crippen molar-refractivity contribution in [3.05, 3.63) is 0 Å². The molecule has 0 fully saturated rings. The molecule has 1 unspecified atom stereocenters. The number of hydrogen-bond donors (Lipinski definition) is 1. The minimum Gasteiger partial charge on any atom is -0.469 e. The van der Waals surface area contributed by atoms with Crippen LogP contribution in [0.1, 0.15) is 77.6 Å². The minimum atomic E-state index is -0.0941. The molecule has 0 amide bonds. The first-order valence-electron chi connectivity index (χ1n) is 7.45. The molecule has 0 saturated heterocycles. The summed E-state index contributed by atoms with van der Waals surface area (Å²) < 4.78 is 4.59. The fourth-order valence-corrected chi connectivity index (χ4v) is 2.02. The second-order valence-electron chi connectivity index (χ2n) is 5.01. The molecule has 0 aliphatic rings. The topological polar surface area (TPSA) is 46.5 Å². The first kappa shape index (κ1) is 17.4. The van der Waals surface area contributed by atoms with Gasteiger partial charge in [-0.3, -0.25) is 4.79 Å². The molecule has 0 aromatic heterocycles. The van der Waals surface area contributed by atoms with E-state index in [4.69, 9.17) is 0 Å². The molecule has 0 aromatic carbocycles. The molecule has 1 N–H and O–H groups in total. The smallest absolute Gasteiger partial charge is 0.305 e. The Kier molecular flexibility index (Phi) is 12.5. The molecular weight excluding hydrogens is 228 g/mol. The van der Waals surface area contributed by atoms with Crippen LogP contribution in [-0.4, -0.2) is 24.3 Å². The SMILES string of the molecule is CCC(O)CCCCCCCCCCC(=O)OC. The van der Waals surface area contributed by atoms with Gasteiger partial charge in [0.05, 0.1) is 13.2 Å². The van der Waals surface area contributed by atoms with Gasteiger partial charge in [0.25, 0.3) is 0 Å². The van der Waals surface area contributed by atoms with Crippen molar-refractivity contribution in [3.63, 3.8) is 0 Å². The second kappa shape index (κ2) is 12.9. The molecule has 0 rings (SSSR count). The van der Waals surface area contributed by atoms with E-state index in [0.29, 0.717) is 6.42 Å². The zero-order valence-electron chi connectivity index (χ0n) is 12.1. The molecule has 3 heteroatoms. The Balaban J connectivity index is 3.05. The number of esters is 1. The van der Waals surface area contributed by atoms with Crippen LogP contribution >= 0.6 is 0 Å². The summed E-state index contributed by atoms with van der Waals surface area (Å²) in [7, 11) is 1.44. The number of carbonyl (C=O) groups is 1. The van der Waals surface area contributed by atoms with Crippen molar-refractivity contribution < 1.29 is 14.6 Å². The highest BCUT2D eigenvalue weighted by atomic mass is 16.5. The van der Waals surface area contributed by atoms with Crippen LogP contribution in [0.25, 0.3) is 0 Å². The molecule has 1 atom stereocenters. The lowest BCUT2D eigenvalue weighted by Gasteiger charge is -2.06. The van der Waals surface area contributed by atoms with E-state index in [2.05, 4.69) is 4.74 Å². The van der Waals surface area contributed by atoms with Gasteiger partial charge in [0.2, 0.25) is 0 Å². The number of hydrogen-bond acceptors (Lipinski definition) is 3. The molecule has 18 heavy (non-hydrogen) atoms. The lowest BCUT2D eigenvalue weighted by molar-refractivity contribution is -0.140. The Bertz CT molecular complexity index is 192. The normalized spacial score (nSPS) is 12.4. The van der Waals surface area contributed by atoms with Gasteiger partial charge in [-0.15, -0.1) is 0 Å². The number of aliphatic hydroxyl groups is 1. The Morgan fingerprint density at radius 1 is 1.00 bits per heavy atom. The van der Waals surface area contributed by atoms with Crippen LogP contribution in [-0.2, 0) is 9.53 Å². The molecule has 0 saturated carbocycles. The largest absolute Gasteiger partial charge is 0.469 e. The van der Waals surface area contributed by atoms with Crippen LogP contribution in [0, 0.1) is 0 Å². The highest BCUT2D eigenvalue weighted by Gasteiger charge is 2.00. The summed E-state index contributed by atoms with van der Waals surface area (Å²) in [4.78, 5) is 10.9. The Labute approximate surface area is 112 Å². The van der Waals surface area contributed by atoms with Crippen LogP contribution in [0.3, 0.4) is 0 Å². The zero-order valence-corrected chi connectivity index (χ0v) is 12.1. The van der Waals surface area contributed by atoms with E-state index < -0.39 is 0 Å². The van der Waals surface area contributed by atoms with E-state index in [0.717, 1.165) is 32.1 Å². The molecule has 108 valence electrons. The van der Waals surface area contributed by atoms with Crippen molar-refractivity contribution in [1.82, 2.24) is 0 Å². The molecule has 0 heterocycles. The second-order valence-corrected chi connectivity index (χ2v) is 5.01. The predicted octanol–water partition coefficient (Wildman–Crippen LogP) is 3.83. The van der Waals surface area contributed by atoms with Crippen molar-refractivity contribution in [2.75, 3.05) is 7.11 Å². The summed E-state index contributed by atoms with van der Waals surface area (Å²) in [5, 5.41) is 9.39. The van der Waals surface area contributed by atoms with Crippen LogP contribution < -0.4 is 0 Å². The van der Waals surface area contributed by atoms with Gasteiger partial charge in [-0.1, -0.05) is 51.9 Å². The summed E-state index contributed by atoms with van der Waals surface area (Å²) in [6, 6.07) is 0. The van der Waals surface area contributed by atoms with Crippen molar-refractivity contribution in [3.8, 4) is 0 Å². The minimum absolute atomic E-state index is 0.0931. The van der Waals surface area contributed by atoms with Crippen LogP contribution in [0.2, 0.25) is 0 Å². The maximum absolute atomic E-state index is 10.9. The fourth-order valence-electron chi connectivity index (χ4n) is 2.02. The van der Waals surface area contributed by atoms with E-state index in [9.17, 15) is 9.90 Å². The third kappa shape index (κ3) is 11.9. The van der Waals surface area contributed by atoms with Gasteiger partial charge in [0.1, 0.15) is 0 Å². The molecule has 0 aliphatic carbocycles. The molecule has 0 bridgehead atoms. The number of ether oxygens (including phenoxy) is 1. The van der Waals surface area contributed by atoms with Gasteiger partial charge in [-0.05, 0) is 19.3 Å². The van der Waals surface area contributed by atoms with E-state index in [1.165, 1.54) is 39.2 Å². The van der Waals surface area contributed by atoms with Crippen molar-refractivity contribution in [2.45, 2.75) is 83.7 Å². The number of aliphatic hydroxyl groups excluding tert-OH is 1. The van der Waals surface area contributed by atoms with Crippen LogP contribution in [0.5, 0.6) is 0 Å². The number of carbonyl (C=O) groups excluding carboxylic acids is 1. The Morgan fingerprint density at radius 3 is 2.00 bits per heavy atom. The van der Waals surface area contributed by atoms with Gasteiger partial charge in [-0.2, -0.15) is 0 Å². The van der Waals surface area contributed by atoms with Crippen LogP contribution in [0.15, 0.2) is 0 Å². The van der Waals surface area contributed by atoms with E-state index in [1.54, 1.807) is 0 Å². The van der Waals surface area contributed by atoms with Crippen molar-refractivity contribution in [1.29, 1.82) is 0 Å². The summed E-state index contributed by atoms with van der Waals surface area (Å²) in [5.41, 5.74) is 0. The maximum atomic E-state index is 10.9. The summed E-state index contributed by atoms with van der Waals surface area (Å²) in [6.07, 6.45) is 11.8. The Hall–Kier alpha value is -0.570. The average molecular weight is 258 g/mol. The standard InChI is InChI=1S/C15H30O3/c1-3-14(16)12-10-8-6-4-5-7-9-11-13-15(17)18-2/h14,16H,3-13H2,1-2H3. The molecule has 0 spiro atoms. The third-order valence-corrected chi connectivity index (χ3v) is 3.37. The molecule has 3 nitrogen and oxygen atoms in total. The number of methoxy groups -OCH3 is 1. The third-order valence-electron chi connectivity index (χ3n) is 3.37. The molecular formula is C15H30O3. The predicted molar refractivity (Wildman–Crippen MR) is 74.5 cm³/mol. The number of rotatable bonds is 12. The molecule has 0 aromatic rings. The van der Waals surface area contributed by atoms with Crippen molar-refractivity contribution >= 4 is 5.97 Å². The molecule has 0 aliphatic heterocycles. The summed E-state index contributed by atoms with van der Waals surface area (Å²) in [6.45, 7) is 2.03. The quantitative estimate of drug-likeness (QED) is 0.427. The highest BCUT2D eigenvalue weighted by Crippen LogP contribution is 2.12. The zero-order chi connectivity index (χ0) is 13.6. The molecule has 0 radical (unpaired) electrons. The first-order valence-corrected chi connectivity index (χ1v) is 7.45. The van der Waals surface area contributed by atoms with E-state index >= 15 is 0 Å². The average Bonchev–Trinajstić information content (AvgIpc) is 2.40. The van der Waals surface area contributed by atoms with Gasteiger partial charge in [0, 0.05) is 6.42 Å². The number of unbranched alkanes of at least 4 members (excludes halogenated alkanes) is 7. The van der Waals surface area contributed by atoms with Gasteiger partial charge in [-0.25, -0.2) is 0 Å². The first-order chi connectivity index (χ1) is 8.70. The van der Waals surface area contributed by atoms with Gasteiger partial charge in [0.15, 0.2) is 0 Å². The van der Waals surface area contributed by atoms with Crippen molar-refractivity contribution in [2.24, 2.45) is 0 Å². The lowest BCUT2D eigenvalue weighted by atomic mass is 10.0. The van der Waals surface area contributed by atoms with E-state index in [-0.39, 0.29) is 12.1 Å². The summed E-state index contributed by atoms with van der Waals surface area (Å²) in [5.74, 6) is -0.0931. The summed E-state index contributed by atoms with van der Waals surface area (Å²) >= 11 is 0. The van der Waals surface area contributed by atoms with Gasteiger partial charge >= 0.3 is 5.97 Å². The fraction of sp³-hybridized carbons (Fsp3) is 0.933. The Morgan fingerprint density at radius 2 is 1.50 bits per heavy atom. The lowest BCUT2D eigenvalue weighted by Crippen LogP contribution is -2.03. The monoisotopic (exact) mass is 258 g/mol. The maximum Gasteiger partial charge on any atom is 0.305 e. The van der Waals surface area contributed by atoms with Crippen LogP contribution in [0.4, 0.5) is 0 Å². The highest BCUT2D eigenvalue weighted by molar-refractivity contribution is 5.68. The van der Waals surface area contributed by atoms with E-state index in [1.807, 2.05) is 6.92 Å².